The van der Waals surface area contributed by atoms with Crippen LogP contribution < -0.4 is 11.1 Å². The summed E-state index contributed by atoms with van der Waals surface area (Å²) in [5.74, 6) is -0.122. The van der Waals surface area contributed by atoms with Crippen LogP contribution in [0.2, 0.25) is 0 Å². The van der Waals surface area contributed by atoms with Crippen molar-refractivity contribution < 1.29 is 4.79 Å². The van der Waals surface area contributed by atoms with Gasteiger partial charge in [0, 0.05) is 5.69 Å². The van der Waals surface area contributed by atoms with E-state index in [1.54, 1.807) is 6.92 Å². The molecule has 1 rings (SSSR count). The molecule has 3 N–H and O–H groups in total. The van der Waals surface area contributed by atoms with Gasteiger partial charge >= 0.3 is 0 Å². The van der Waals surface area contributed by atoms with E-state index in [4.69, 9.17) is 5.73 Å². The van der Waals surface area contributed by atoms with Crippen LogP contribution in [0.15, 0.2) is 24.3 Å². The Morgan fingerprint density at radius 3 is 2.62 bits per heavy atom. The van der Waals surface area contributed by atoms with Gasteiger partial charge in [0.1, 0.15) is 0 Å². The molecule has 1 aromatic carbocycles. The van der Waals surface area contributed by atoms with Crippen LogP contribution in [0.5, 0.6) is 0 Å². The largest absolute Gasteiger partial charge is 0.324 e. The predicted molar refractivity (Wildman–Crippen MR) is 67.3 cm³/mol. The third kappa shape index (κ3) is 3.07. The molecule has 0 aliphatic rings. The van der Waals surface area contributed by atoms with E-state index < -0.39 is 5.54 Å². The molecule has 1 atom stereocenters. The molecule has 0 heterocycles. The Labute approximate surface area is 97.0 Å². The van der Waals surface area contributed by atoms with Gasteiger partial charge in [-0.3, -0.25) is 4.79 Å². The summed E-state index contributed by atoms with van der Waals surface area (Å²) in [4.78, 5) is 11.9. The SMILES string of the molecule is CCCC(C)(N)C(=O)Nc1ccccc1C. The molecule has 1 aromatic rings. The van der Waals surface area contributed by atoms with Gasteiger partial charge in [-0.05, 0) is 31.9 Å². The second-order valence-electron chi connectivity index (χ2n) is 4.44. The van der Waals surface area contributed by atoms with Gasteiger partial charge in [0.05, 0.1) is 5.54 Å². The Morgan fingerprint density at radius 1 is 1.44 bits per heavy atom. The third-order valence-corrected chi connectivity index (χ3v) is 2.68. The maximum atomic E-state index is 11.9. The summed E-state index contributed by atoms with van der Waals surface area (Å²) in [6.07, 6.45) is 1.58. The summed E-state index contributed by atoms with van der Waals surface area (Å²) in [5.41, 5.74) is 7.04. The zero-order valence-corrected chi connectivity index (χ0v) is 10.2. The highest BCUT2D eigenvalue weighted by atomic mass is 16.2. The van der Waals surface area contributed by atoms with Crippen molar-refractivity contribution in [2.75, 3.05) is 5.32 Å². The third-order valence-electron chi connectivity index (χ3n) is 2.68. The molecule has 88 valence electrons. The van der Waals surface area contributed by atoms with Crippen molar-refractivity contribution in [1.29, 1.82) is 0 Å². The Hall–Kier alpha value is -1.35. The van der Waals surface area contributed by atoms with E-state index >= 15 is 0 Å². The zero-order valence-electron chi connectivity index (χ0n) is 10.2. The number of nitrogens with one attached hydrogen (secondary N) is 1. The van der Waals surface area contributed by atoms with Crippen LogP contribution in [0.4, 0.5) is 5.69 Å². The molecule has 0 fully saturated rings. The lowest BCUT2D eigenvalue weighted by Gasteiger charge is -2.23. The first-order valence-electron chi connectivity index (χ1n) is 5.63. The summed E-state index contributed by atoms with van der Waals surface area (Å²) >= 11 is 0. The number of aryl methyl sites for hydroxylation is 1. The zero-order chi connectivity index (χ0) is 12.2. The first kappa shape index (κ1) is 12.7. The maximum absolute atomic E-state index is 11.9. The fourth-order valence-corrected chi connectivity index (χ4v) is 1.61. The molecule has 0 saturated heterocycles. The topological polar surface area (TPSA) is 55.1 Å². The number of amides is 1. The van der Waals surface area contributed by atoms with Crippen molar-refractivity contribution in [3.8, 4) is 0 Å². The summed E-state index contributed by atoms with van der Waals surface area (Å²) in [7, 11) is 0. The normalized spacial score (nSPS) is 14.2. The van der Waals surface area contributed by atoms with E-state index in [2.05, 4.69) is 5.32 Å². The van der Waals surface area contributed by atoms with Crippen molar-refractivity contribution in [3.05, 3.63) is 29.8 Å². The number of anilines is 1. The molecule has 3 heteroatoms. The van der Waals surface area contributed by atoms with Gasteiger partial charge in [-0.1, -0.05) is 31.5 Å². The van der Waals surface area contributed by atoms with E-state index in [-0.39, 0.29) is 5.91 Å². The summed E-state index contributed by atoms with van der Waals surface area (Å²) < 4.78 is 0. The molecule has 16 heavy (non-hydrogen) atoms. The predicted octanol–water partition coefficient (Wildman–Crippen LogP) is 2.45. The fourth-order valence-electron chi connectivity index (χ4n) is 1.61. The summed E-state index contributed by atoms with van der Waals surface area (Å²) in [6.45, 7) is 5.75. The molecule has 1 amide bonds. The Bertz CT molecular complexity index is 372. The van der Waals surface area contributed by atoms with Gasteiger partial charge in [0.25, 0.3) is 0 Å². The summed E-state index contributed by atoms with van der Waals surface area (Å²) in [5, 5.41) is 2.87. The van der Waals surface area contributed by atoms with E-state index in [0.717, 1.165) is 17.7 Å². The van der Waals surface area contributed by atoms with Gasteiger partial charge in [0.15, 0.2) is 0 Å². The minimum absolute atomic E-state index is 0.122. The molecular formula is C13H20N2O. The second kappa shape index (κ2) is 5.12. The molecule has 0 aliphatic carbocycles. The Balaban J connectivity index is 2.75. The van der Waals surface area contributed by atoms with Crippen molar-refractivity contribution in [1.82, 2.24) is 0 Å². The Kier molecular flexibility index (Phi) is 4.07. The lowest BCUT2D eigenvalue weighted by Crippen LogP contribution is -2.48. The molecule has 0 saturated carbocycles. The van der Waals surface area contributed by atoms with Crippen molar-refractivity contribution in [2.24, 2.45) is 5.73 Å². The lowest BCUT2D eigenvalue weighted by molar-refractivity contribution is -0.120. The maximum Gasteiger partial charge on any atom is 0.244 e. The van der Waals surface area contributed by atoms with E-state index in [9.17, 15) is 4.79 Å². The fraction of sp³-hybridized carbons (Fsp3) is 0.462. The van der Waals surface area contributed by atoms with Gasteiger partial charge < -0.3 is 11.1 Å². The van der Waals surface area contributed by atoms with Gasteiger partial charge in [-0.2, -0.15) is 0 Å². The van der Waals surface area contributed by atoms with Crippen LogP contribution in [-0.2, 0) is 4.79 Å². The standard InChI is InChI=1S/C13H20N2O/c1-4-9-13(3,14)12(16)15-11-8-6-5-7-10(11)2/h5-8H,4,9,14H2,1-3H3,(H,15,16). The number of rotatable bonds is 4. The first-order chi connectivity index (χ1) is 7.47. The van der Waals surface area contributed by atoms with Crippen LogP contribution in [0, 0.1) is 6.92 Å². The molecule has 3 nitrogen and oxygen atoms in total. The van der Waals surface area contributed by atoms with Crippen LogP contribution in [0.1, 0.15) is 32.3 Å². The molecule has 0 radical (unpaired) electrons. The average Bonchev–Trinajstić information content (AvgIpc) is 2.21. The summed E-state index contributed by atoms with van der Waals surface area (Å²) in [6, 6.07) is 7.69. The van der Waals surface area contributed by atoms with Gasteiger partial charge in [-0.25, -0.2) is 0 Å². The van der Waals surface area contributed by atoms with Crippen molar-refractivity contribution >= 4 is 11.6 Å². The van der Waals surface area contributed by atoms with Crippen LogP contribution in [0.25, 0.3) is 0 Å². The number of hydrogen-bond donors (Lipinski definition) is 2. The van der Waals surface area contributed by atoms with Gasteiger partial charge in [-0.15, -0.1) is 0 Å². The number of carbonyl (C=O) groups excluding carboxylic acids is 1. The highest BCUT2D eigenvalue weighted by Gasteiger charge is 2.27. The highest BCUT2D eigenvalue weighted by Crippen LogP contribution is 2.16. The average molecular weight is 220 g/mol. The molecule has 0 spiro atoms. The number of para-hydroxylation sites is 1. The van der Waals surface area contributed by atoms with Crippen LogP contribution >= 0.6 is 0 Å². The number of nitrogens with two attached hydrogens (primary N) is 1. The second-order valence-corrected chi connectivity index (χ2v) is 4.44. The molecular weight excluding hydrogens is 200 g/mol. The number of hydrogen-bond acceptors (Lipinski definition) is 2. The smallest absolute Gasteiger partial charge is 0.244 e. The number of carbonyl (C=O) groups is 1. The van der Waals surface area contributed by atoms with Gasteiger partial charge in [0.2, 0.25) is 5.91 Å². The molecule has 0 bridgehead atoms. The Morgan fingerprint density at radius 2 is 2.06 bits per heavy atom. The number of benzene rings is 1. The molecule has 0 aliphatic heterocycles. The van der Waals surface area contributed by atoms with Crippen molar-refractivity contribution in [3.63, 3.8) is 0 Å². The highest BCUT2D eigenvalue weighted by molar-refractivity contribution is 5.98. The quantitative estimate of drug-likeness (QED) is 0.819. The minimum atomic E-state index is -0.795. The van der Waals surface area contributed by atoms with E-state index in [1.807, 2.05) is 38.1 Å². The monoisotopic (exact) mass is 220 g/mol. The van der Waals surface area contributed by atoms with Crippen LogP contribution in [0.3, 0.4) is 0 Å². The lowest BCUT2D eigenvalue weighted by atomic mass is 9.96. The van der Waals surface area contributed by atoms with E-state index in [0.29, 0.717) is 6.42 Å². The van der Waals surface area contributed by atoms with Crippen LogP contribution in [-0.4, -0.2) is 11.4 Å². The molecule has 1 unspecified atom stereocenters. The minimum Gasteiger partial charge on any atom is -0.324 e. The molecule has 0 aromatic heterocycles. The van der Waals surface area contributed by atoms with E-state index in [1.165, 1.54) is 0 Å². The van der Waals surface area contributed by atoms with Crippen molar-refractivity contribution in [2.45, 2.75) is 39.2 Å². The first-order valence-corrected chi connectivity index (χ1v) is 5.63.